The average Bonchev–Trinajstić information content (AvgIpc) is 3.02. The Bertz CT molecular complexity index is 721. The van der Waals surface area contributed by atoms with Crippen molar-refractivity contribution in [1.29, 1.82) is 0 Å². The van der Waals surface area contributed by atoms with E-state index in [1.165, 1.54) is 0 Å². The first-order valence-electron chi connectivity index (χ1n) is 8.64. The van der Waals surface area contributed by atoms with Crippen LogP contribution in [-0.4, -0.2) is 63.2 Å². The Morgan fingerprint density at radius 3 is 2.88 bits per heavy atom. The van der Waals surface area contributed by atoms with Crippen LogP contribution in [-0.2, 0) is 11.2 Å². The van der Waals surface area contributed by atoms with Gasteiger partial charge in [-0.15, -0.1) is 10.2 Å². The van der Waals surface area contributed by atoms with Gasteiger partial charge in [-0.3, -0.25) is 0 Å². The molecular weight excluding hydrogens is 338 g/mol. The summed E-state index contributed by atoms with van der Waals surface area (Å²) in [7, 11) is 0. The number of hydrogen-bond donors (Lipinski definition) is 4. The predicted molar refractivity (Wildman–Crippen MR) is 92.7 cm³/mol. The summed E-state index contributed by atoms with van der Waals surface area (Å²) in [6, 6.07) is 8.68. The van der Waals surface area contributed by atoms with Gasteiger partial charge in [0.05, 0.1) is 18.8 Å². The molecule has 0 radical (unpaired) electrons. The van der Waals surface area contributed by atoms with Gasteiger partial charge in [-0.05, 0) is 12.8 Å². The maximum Gasteiger partial charge on any atom is 0.315 e. The zero-order valence-electron chi connectivity index (χ0n) is 14.3. The molecule has 26 heavy (non-hydrogen) atoms. The zero-order chi connectivity index (χ0) is 18.4. The summed E-state index contributed by atoms with van der Waals surface area (Å²) < 4.78 is 6.11. The van der Waals surface area contributed by atoms with Gasteiger partial charge in [-0.2, -0.15) is 4.73 Å². The molecule has 1 saturated heterocycles. The van der Waals surface area contributed by atoms with E-state index in [-0.39, 0.29) is 18.7 Å². The van der Waals surface area contributed by atoms with E-state index in [2.05, 4.69) is 20.8 Å². The summed E-state index contributed by atoms with van der Waals surface area (Å²) in [4.78, 5) is 11.9. The number of aliphatic hydroxyl groups excluding tert-OH is 1. The van der Waals surface area contributed by atoms with Crippen molar-refractivity contribution in [2.24, 2.45) is 0 Å². The Morgan fingerprint density at radius 1 is 1.31 bits per heavy atom. The van der Waals surface area contributed by atoms with Crippen LogP contribution in [0.25, 0.3) is 11.4 Å². The lowest BCUT2D eigenvalue weighted by Gasteiger charge is -2.28. The van der Waals surface area contributed by atoms with E-state index in [1.54, 1.807) is 0 Å². The Hall–Kier alpha value is -2.65. The van der Waals surface area contributed by atoms with Gasteiger partial charge in [0.1, 0.15) is 0 Å². The molecule has 1 aliphatic heterocycles. The molecule has 9 nitrogen and oxygen atoms in total. The first kappa shape index (κ1) is 18.2. The number of carbonyl (C=O) groups is 1. The number of nitrogens with zero attached hydrogens (tertiary/aromatic N) is 3. The molecule has 1 aliphatic rings. The maximum atomic E-state index is 11.9. The number of carbonyl (C=O) groups excluding carboxylic acids is 1. The second-order valence-electron chi connectivity index (χ2n) is 6.16. The normalized spacial score (nSPS) is 19.9. The van der Waals surface area contributed by atoms with Crippen molar-refractivity contribution >= 4 is 6.03 Å². The SMILES string of the molecule is O=C(NCCCc1nnc(-c2ccccc2)n1O)NC1CCOCC1O. The third-order valence-electron chi connectivity index (χ3n) is 4.24. The van der Waals surface area contributed by atoms with Gasteiger partial charge >= 0.3 is 6.03 Å². The lowest BCUT2D eigenvalue weighted by molar-refractivity contribution is -0.0247. The molecule has 2 unspecified atom stereocenters. The van der Waals surface area contributed by atoms with Crippen molar-refractivity contribution in [3.05, 3.63) is 36.2 Å². The number of ether oxygens (including phenoxy) is 1. The highest BCUT2D eigenvalue weighted by molar-refractivity contribution is 5.74. The molecule has 140 valence electrons. The molecule has 0 saturated carbocycles. The number of rotatable bonds is 6. The van der Waals surface area contributed by atoms with Crippen molar-refractivity contribution in [3.63, 3.8) is 0 Å². The Labute approximate surface area is 151 Å². The van der Waals surface area contributed by atoms with Crippen molar-refractivity contribution in [3.8, 4) is 11.4 Å². The molecule has 3 rings (SSSR count). The summed E-state index contributed by atoms with van der Waals surface area (Å²) in [5.74, 6) is 0.825. The van der Waals surface area contributed by atoms with Crippen molar-refractivity contribution in [1.82, 2.24) is 25.6 Å². The van der Waals surface area contributed by atoms with Crippen LogP contribution in [0.2, 0.25) is 0 Å². The minimum atomic E-state index is -0.682. The van der Waals surface area contributed by atoms with E-state index in [1.807, 2.05) is 30.3 Å². The van der Waals surface area contributed by atoms with Gasteiger partial charge in [0, 0.05) is 25.1 Å². The van der Waals surface area contributed by atoms with Gasteiger partial charge in [0.15, 0.2) is 11.6 Å². The van der Waals surface area contributed by atoms with Crippen LogP contribution in [0.3, 0.4) is 0 Å². The monoisotopic (exact) mass is 361 g/mol. The fraction of sp³-hybridized carbons (Fsp3) is 0.471. The van der Waals surface area contributed by atoms with E-state index in [9.17, 15) is 15.1 Å². The van der Waals surface area contributed by atoms with Gasteiger partial charge in [-0.25, -0.2) is 4.79 Å². The third-order valence-corrected chi connectivity index (χ3v) is 4.24. The molecule has 1 aromatic carbocycles. The molecule has 4 N–H and O–H groups in total. The number of hydrogen-bond acceptors (Lipinski definition) is 6. The molecule has 0 spiro atoms. The molecular formula is C17H23N5O4. The van der Waals surface area contributed by atoms with Gasteiger partial charge in [0.25, 0.3) is 0 Å². The second kappa shape index (κ2) is 8.63. The summed E-state index contributed by atoms with van der Waals surface area (Å²) in [5.41, 5.74) is 0.779. The van der Waals surface area contributed by atoms with E-state index in [0.29, 0.717) is 44.1 Å². The topological polar surface area (TPSA) is 122 Å². The van der Waals surface area contributed by atoms with E-state index in [4.69, 9.17) is 4.74 Å². The number of aryl methyl sites for hydroxylation is 1. The van der Waals surface area contributed by atoms with E-state index >= 15 is 0 Å². The van der Waals surface area contributed by atoms with Crippen LogP contribution in [0.15, 0.2) is 30.3 Å². The van der Waals surface area contributed by atoms with Crippen LogP contribution < -0.4 is 10.6 Å². The van der Waals surface area contributed by atoms with Crippen molar-refractivity contribution in [2.75, 3.05) is 19.8 Å². The summed E-state index contributed by atoms with van der Waals surface area (Å²) in [5, 5.41) is 33.4. The number of aliphatic hydroxyl groups is 1. The summed E-state index contributed by atoms with van der Waals surface area (Å²) in [6.07, 6.45) is 0.969. The minimum Gasteiger partial charge on any atom is -0.425 e. The molecule has 0 bridgehead atoms. The number of aromatic nitrogens is 3. The second-order valence-corrected chi connectivity index (χ2v) is 6.16. The number of amides is 2. The van der Waals surface area contributed by atoms with Crippen LogP contribution >= 0.6 is 0 Å². The van der Waals surface area contributed by atoms with Crippen molar-refractivity contribution < 1.29 is 19.8 Å². The van der Waals surface area contributed by atoms with Crippen LogP contribution in [0, 0.1) is 0 Å². The molecule has 2 atom stereocenters. The highest BCUT2D eigenvalue weighted by Crippen LogP contribution is 2.16. The molecule has 0 aliphatic carbocycles. The highest BCUT2D eigenvalue weighted by Gasteiger charge is 2.24. The fourth-order valence-corrected chi connectivity index (χ4v) is 2.79. The predicted octanol–water partition coefficient (Wildman–Crippen LogP) is 0.564. The van der Waals surface area contributed by atoms with Crippen LogP contribution in [0.5, 0.6) is 0 Å². The van der Waals surface area contributed by atoms with E-state index in [0.717, 1.165) is 10.3 Å². The van der Waals surface area contributed by atoms with Gasteiger partial charge < -0.3 is 25.7 Å². The van der Waals surface area contributed by atoms with E-state index < -0.39 is 6.10 Å². The van der Waals surface area contributed by atoms with Crippen LogP contribution in [0.1, 0.15) is 18.7 Å². The Morgan fingerprint density at radius 2 is 2.12 bits per heavy atom. The van der Waals surface area contributed by atoms with Gasteiger partial charge in [-0.1, -0.05) is 30.3 Å². The van der Waals surface area contributed by atoms with Crippen molar-refractivity contribution in [2.45, 2.75) is 31.4 Å². The minimum absolute atomic E-state index is 0.237. The van der Waals surface area contributed by atoms with Gasteiger partial charge in [0.2, 0.25) is 0 Å². The first-order valence-corrected chi connectivity index (χ1v) is 8.64. The molecule has 2 amide bonds. The standard InChI is InChI=1S/C17H23N5O4/c23-14-11-26-10-8-13(14)19-17(24)18-9-4-7-15-20-21-16(22(15)25)12-5-2-1-3-6-12/h1-3,5-6,13-14,23,25H,4,7-11H2,(H2,18,19,24). The quantitative estimate of drug-likeness (QED) is 0.441. The third kappa shape index (κ3) is 4.50. The summed E-state index contributed by atoms with van der Waals surface area (Å²) >= 11 is 0. The smallest absolute Gasteiger partial charge is 0.315 e. The molecule has 1 aromatic heterocycles. The summed E-state index contributed by atoms with van der Waals surface area (Å²) in [6.45, 7) is 1.18. The number of benzene rings is 1. The number of nitrogens with one attached hydrogen (secondary N) is 2. The molecule has 2 aromatic rings. The average molecular weight is 361 g/mol. The molecule has 1 fully saturated rings. The molecule has 9 heteroatoms. The Balaban J connectivity index is 1.42. The first-order chi connectivity index (χ1) is 12.6. The fourth-order valence-electron chi connectivity index (χ4n) is 2.79. The largest absolute Gasteiger partial charge is 0.425 e. The highest BCUT2D eigenvalue weighted by atomic mass is 16.5. The lowest BCUT2D eigenvalue weighted by Crippen LogP contribution is -2.51. The maximum absolute atomic E-state index is 11.9. The lowest BCUT2D eigenvalue weighted by atomic mass is 10.1. The zero-order valence-corrected chi connectivity index (χ0v) is 14.3. The Kier molecular flexibility index (Phi) is 6.03. The number of urea groups is 1. The van der Waals surface area contributed by atoms with Crippen LogP contribution in [0.4, 0.5) is 4.79 Å². The molecule has 2 heterocycles.